The van der Waals surface area contributed by atoms with Crippen LogP contribution in [0.3, 0.4) is 0 Å². The van der Waals surface area contributed by atoms with Crippen molar-refractivity contribution in [3.8, 4) is 0 Å². The number of benzene rings is 4. The molecule has 0 fully saturated rings. The molecule has 2 heterocycles. The largest absolute Gasteiger partial charge is 0.357 e. The van der Waals surface area contributed by atoms with Crippen LogP contribution < -0.4 is 15.4 Å². The third-order valence-corrected chi connectivity index (χ3v) is 12.2. The zero-order chi connectivity index (χ0) is 46.1. The molecule has 0 radical (unpaired) electrons. The molecule has 0 unspecified atom stereocenters. The number of nitro benzene ring substituents is 1. The molecule has 4 N–H and O–H groups in total. The van der Waals surface area contributed by atoms with Gasteiger partial charge >= 0.3 is 10.3 Å². The van der Waals surface area contributed by atoms with Crippen LogP contribution in [0.2, 0.25) is 0 Å². The lowest BCUT2D eigenvalue weighted by molar-refractivity contribution is -0.384. The molecule has 0 aliphatic carbocycles. The van der Waals surface area contributed by atoms with Crippen molar-refractivity contribution in [3.05, 3.63) is 174 Å². The van der Waals surface area contributed by atoms with Gasteiger partial charge in [0.05, 0.1) is 34.1 Å². The number of non-ortho nitro benzene ring substituents is 1. The number of carbonyl (C=O) groups is 4. The van der Waals surface area contributed by atoms with E-state index in [1.807, 2.05) is 41.5 Å². The third kappa shape index (κ3) is 15.7. The van der Waals surface area contributed by atoms with Crippen LogP contribution in [0.4, 0.5) is 11.4 Å². The predicted octanol–water partition coefficient (Wildman–Crippen LogP) is 8.66. The fourth-order valence-corrected chi connectivity index (χ4v) is 8.64. The highest BCUT2D eigenvalue weighted by Gasteiger charge is 2.22. The van der Waals surface area contributed by atoms with Crippen molar-refractivity contribution in [2.24, 2.45) is 0 Å². The minimum absolute atomic E-state index is 0.0197. The third-order valence-electron chi connectivity index (χ3n) is 9.71. The molecule has 0 aliphatic heterocycles. The maximum atomic E-state index is 12.6. The Morgan fingerprint density at radius 3 is 1.41 bits per heavy atom. The minimum atomic E-state index is -4.35. The number of aromatic nitrogens is 2. The van der Waals surface area contributed by atoms with E-state index in [1.54, 1.807) is 72.8 Å². The molecule has 64 heavy (non-hydrogen) atoms. The second-order valence-electron chi connectivity index (χ2n) is 14.5. The van der Waals surface area contributed by atoms with E-state index in [-0.39, 0.29) is 66.5 Å². The fourth-order valence-electron chi connectivity index (χ4n) is 6.30. The number of aryl methyl sites for hydroxylation is 2. The topological polar surface area (TPSA) is 228 Å². The minimum Gasteiger partial charge on any atom is -0.347 e. The molecular formula is C46H48N6O9S3. The Labute approximate surface area is 379 Å². The SMILES string of the molecule is CCc1csc([C@H](Cc2ccc(NS(=O)(=O)O)cc2)NC(=O)CCC(=O)c2ccccc2)n1.CCc1csc([C@H](Cc2ccc([N+](=O)[O-])cc2)NC(=O)CCC(=O)c2ccccc2)n1. The molecule has 2 amide bonds. The lowest BCUT2D eigenvalue weighted by atomic mass is 10.0. The first-order valence-electron chi connectivity index (χ1n) is 20.4. The summed E-state index contributed by atoms with van der Waals surface area (Å²) in [7, 11) is -4.35. The summed E-state index contributed by atoms with van der Waals surface area (Å²) in [4.78, 5) is 69.5. The zero-order valence-electron chi connectivity index (χ0n) is 35.1. The smallest absolute Gasteiger partial charge is 0.347 e. The van der Waals surface area contributed by atoms with Crippen LogP contribution in [0.15, 0.2) is 120 Å². The summed E-state index contributed by atoms with van der Waals surface area (Å²) >= 11 is 2.93. The molecule has 2 atom stereocenters. The number of nitrogens with zero attached hydrogens (tertiary/aromatic N) is 3. The Morgan fingerprint density at radius 2 is 1.05 bits per heavy atom. The van der Waals surface area contributed by atoms with E-state index in [4.69, 9.17) is 4.55 Å². The fraction of sp³-hybridized carbons (Fsp3) is 0.261. The van der Waals surface area contributed by atoms with Crippen molar-refractivity contribution in [1.29, 1.82) is 0 Å². The molecule has 0 spiro atoms. The van der Waals surface area contributed by atoms with Crippen LogP contribution in [0.1, 0.15) is 105 Å². The average molecular weight is 925 g/mol. The highest BCUT2D eigenvalue weighted by Crippen LogP contribution is 2.26. The highest BCUT2D eigenvalue weighted by molar-refractivity contribution is 7.87. The van der Waals surface area contributed by atoms with Gasteiger partial charge in [0.25, 0.3) is 5.69 Å². The lowest BCUT2D eigenvalue weighted by Crippen LogP contribution is -2.30. The summed E-state index contributed by atoms with van der Waals surface area (Å²) in [5, 5.41) is 22.3. The number of nitrogens with one attached hydrogen (secondary N) is 3. The summed E-state index contributed by atoms with van der Waals surface area (Å²) in [6.45, 7) is 4.01. The van der Waals surface area contributed by atoms with Gasteiger partial charge in [0.15, 0.2) is 11.6 Å². The van der Waals surface area contributed by atoms with Gasteiger partial charge in [0, 0.05) is 59.7 Å². The van der Waals surface area contributed by atoms with Gasteiger partial charge in [-0.1, -0.05) is 98.8 Å². The normalized spacial score (nSPS) is 11.9. The van der Waals surface area contributed by atoms with E-state index >= 15 is 0 Å². The van der Waals surface area contributed by atoms with E-state index in [2.05, 4.69) is 20.6 Å². The summed E-state index contributed by atoms with van der Waals surface area (Å²) in [6.07, 6.45) is 2.83. The quantitative estimate of drug-likeness (QED) is 0.0231. The number of rotatable bonds is 21. The Bertz CT molecular complexity index is 2600. The number of Topliss-reactive ketones (excluding diaryl/α,β-unsaturated/α-hetero) is 2. The first kappa shape index (κ1) is 48.6. The van der Waals surface area contributed by atoms with Crippen molar-refractivity contribution in [2.75, 3.05) is 4.72 Å². The van der Waals surface area contributed by atoms with Gasteiger partial charge in [-0.25, -0.2) is 9.97 Å². The van der Waals surface area contributed by atoms with Gasteiger partial charge in [-0.3, -0.25) is 38.6 Å². The second-order valence-corrected chi connectivity index (χ2v) is 17.4. The number of nitro groups is 1. The van der Waals surface area contributed by atoms with E-state index in [0.29, 0.717) is 24.0 Å². The summed E-state index contributed by atoms with van der Waals surface area (Å²) in [6, 6.07) is 29.7. The van der Waals surface area contributed by atoms with E-state index in [9.17, 15) is 37.7 Å². The van der Waals surface area contributed by atoms with Crippen molar-refractivity contribution in [1.82, 2.24) is 20.6 Å². The Hall–Kier alpha value is -6.47. The van der Waals surface area contributed by atoms with Gasteiger partial charge in [0.2, 0.25) is 11.8 Å². The first-order chi connectivity index (χ1) is 30.7. The molecule has 0 saturated heterocycles. The number of hydrogen-bond donors (Lipinski definition) is 4. The van der Waals surface area contributed by atoms with Crippen molar-refractivity contribution < 1.29 is 37.1 Å². The molecule has 6 aromatic rings. The maximum Gasteiger partial charge on any atom is 0.357 e. The van der Waals surface area contributed by atoms with Crippen molar-refractivity contribution in [3.63, 3.8) is 0 Å². The van der Waals surface area contributed by atoms with Crippen molar-refractivity contribution >= 4 is 67.7 Å². The Balaban J connectivity index is 0.000000241. The standard InChI is InChI=1S/C23H25N3O5S2.C23H23N3O4S/c1-2-18-15-32-23(24-18)20(14-16-8-10-19(11-9-16)26-33(29,30)31)25-22(28)13-12-21(27)17-6-4-3-5-7-17;1-2-18-15-31-23(24-18)20(14-16-8-10-19(11-9-16)26(29)30)25-22(28)13-12-21(27)17-6-4-3-5-7-17/h3-11,15,20,26H,2,12-14H2,1H3,(H,25,28)(H,29,30,31);3-11,15,20H,2,12-14H2,1H3,(H,25,28)/t2*20-/m00/s1. The molecule has 0 saturated carbocycles. The van der Waals surface area contributed by atoms with Crippen LogP contribution in [-0.2, 0) is 45.6 Å². The first-order valence-corrected chi connectivity index (χ1v) is 23.6. The number of anilines is 1. The van der Waals surface area contributed by atoms with E-state index in [0.717, 1.165) is 45.4 Å². The molecule has 4 aromatic carbocycles. The van der Waals surface area contributed by atoms with E-state index < -0.39 is 21.3 Å². The Kier molecular flexibility index (Phi) is 18.1. The molecule has 0 bridgehead atoms. The monoisotopic (exact) mass is 924 g/mol. The van der Waals surface area contributed by atoms with Gasteiger partial charge in [-0.2, -0.15) is 8.42 Å². The predicted molar refractivity (Wildman–Crippen MR) is 247 cm³/mol. The van der Waals surface area contributed by atoms with Crippen LogP contribution in [0.5, 0.6) is 0 Å². The number of hydrogen-bond acceptors (Lipinski definition) is 12. The maximum absolute atomic E-state index is 12.6. The summed E-state index contributed by atoms with van der Waals surface area (Å²) in [5.41, 5.74) is 4.98. The lowest BCUT2D eigenvalue weighted by Gasteiger charge is -2.17. The molecule has 6 rings (SSSR count). The zero-order valence-corrected chi connectivity index (χ0v) is 37.6. The average Bonchev–Trinajstić information content (AvgIpc) is 3.99. The number of amides is 2. The molecule has 0 aliphatic rings. The molecular weight excluding hydrogens is 877 g/mol. The van der Waals surface area contributed by atoms with E-state index in [1.165, 1.54) is 46.9 Å². The van der Waals surface area contributed by atoms with Gasteiger partial charge in [0.1, 0.15) is 10.0 Å². The summed E-state index contributed by atoms with van der Waals surface area (Å²) < 4.78 is 32.8. The van der Waals surface area contributed by atoms with Gasteiger partial charge < -0.3 is 10.6 Å². The molecule has 334 valence electrons. The Morgan fingerprint density at radius 1 is 0.641 bits per heavy atom. The second kappa shape index (κ2) is 23.8. The van der Waals surface area contributed by atoms with Crippen LogP contribution in [-0.4, -0.2) is 51.2 Å². The van der Waals surface area contributed by atoms with Crippen LogP contribution >= 0.6 is 22.7 Å². The number of thiazole rings is 2. The van der Waals surface area contributed by atoms with Crippen LogP contribution in [0, 0.1) is 10.1 Å². The van der Waals surface area contributed by atoms with Crippen LogP contribution in [0.25, 0.3) is 0 Å². The molecule has 2 aromatic heterocycles. The highest BCUT2D eigenvalue weighted by atomic mass is 32.2. The molecule has 15 nitrogen and oxygen atoms in total. The summed E-state index contributed by atoms with van der Waals surface area (Å²) in [5.74, 6) is -0.649. The van der Waals surface area contributed by atoms with Gasteiger partial charge in [-0.05, 0) is 48.9 Å². The molecule has 18 heteroatoms. The number of ketones is 2. The van der Waals surface area contributed by atoms with Crippen molar-refractivity contribution in [2.45, 2.75) is 77.3 Å². The van der Waals surface area contributed by atoms with Gasteiger partial charge in [-0.15, -0.1) is 22.7 Å². The number of carbonyl (C=O) groups excluding carboxylic acids is 4.